The van der Waals surface area contributed by atoms with Gasteiger partial charge in [0, 0.05) is 0 Å². The minimum Gasteiger partial charge on any atom is -0.307 e. The fourth-order valence-corrected chi connectivity index (χ4v) is 1.20. The third-order valence-electron chi connectivity index (χ3n) is 1.37. The van der Waals surface area contributed by atoms with E-state index in [0.29, 0.717) is 0 Å². The first-order valence-corrected chi connectivity index (χ1v) is 3.52. The van der Waals surface area contributed by atoms with Gasteiger partial charge < -0.3 is 4.79 Å². The molecule has 0 aliphatic carbocycles. The molecule has 0 bridgehead atoms. The Balaban J connectivity index is 0.000000461. The lowest BCUT2D eigenvalue weighted by Gasteiger charge is -1.96. The molecule has 0 amide bonds. The summed E-state index contributed by atoms with van der Waals surface area (Å²) in [4.78, 5) is 8.00. The number of rotatable bonds is 0. The summed E-state index contributed by atoms with van der Waals surface area (Å²) >= 11 is 0. The summed E-state index contributed by atoms with van der Waals surface area (Å²) in [6.45, 7) is 8.38. The number of hydrogen-bond acceptors (Lipinski definition) is 1. The van der Waals surface area contributed by atoms with Gasteiger partial charge in [-0.1, -0.05) is 34.9 Å². The predicted octanol–water partition coefficient (Wildman–Crippen LogP) is 2.43. The highest BCUT2D eigenvalue weighted by Crippen LogP contribution is 2.06. The molecular formula is C10H14O. The standard InChI is InChI=1S/C9H12.CH2O/c1-7-4-8(2)6-9(3)5-7;1-2/h4-6H,1-3H3;1H2. The molecule has 0 N–H and O–H groups in total. The first kappa shape index (κ1) is 9.89. The lowest BCUT2D eigenvalue weighted by molar-refractivity contribution is -0.0979. The van der Waals surface area contributed by atoms with Gasteiger partial charge in [-0.15, -0.1) is 0 Å². The molecule has 0 aromatic heterocycles. The number of hydrogen-bond donors (Lipinski definition) is 0. The molecule has 0 saturated carbocycles. The van der Waals surface area contributed by atoms with E-state index < -0.39 is 0 Å². The van der Waals surface area contributed by atoms with Crippen LogP contribution in [0.5, 0.6) is 0 Å². The average Bonchev–Trinajstić information content (AvgIpc) is 1.88. The highest BCUT2D eigenvalue weighted by molar-refractivity contribution is 5.27. The van der Waals surface area contributed by atoms with Gasteiger partial charge in [-0.25, -0.2) is 0 Å². The van der Waals surface area contributed by atoms with Crippen molar-refractivity contribution in [2.75, 3.05) is 0 Å². The van der Waals surface area contributed by atoms with Gasteiger partial charge in [-0.3, -0.25) is 0 Å². The van der Waals surface area contributed by atoms with E-state index in [1.54, 1.807) is 0 Å². The van der Waals surface area contributed by atoms with Gasteiger partial charge in [-0.05, 0) is 20.8 Å². The molecule has 1 aromatic carbocycles. The van der Waals surface area contributed by atoms with Crippen LogP contribution in [0, 0.1) is 20.8 Å². The Labute approximate surface area is 68.1 Å². The Morgan fingerprint density at radius 2 is 1.00 bits per heavy atom. The summed E-state index contributed by atoms with van der Waals surface area (Å²) in [5, 5.41) is 0. The molecule has 1 heteroatoms. The summed E-state index contributed by atoms with van der Waals surface area (Å²) in [5.41, 5.74) is 4.06. The highest BCUT2D eigenvalue weighted by Gasteiger charge is 1.87. The second-order valence-corrected chi connectivity index (χ2v) is 2.67. The number of benzene rings is 1. The summed E-state index contributed by atoms with van der Waals surface area (Å²) in [7, 11) is 0. The maximum absolute atomic E-state index is 8.00. The van der Waals surface area contributed by atoms with Crippen LogP contribution in [0.15, 0.2) is 18.2 Å². The number of carbonyl (C=O) groups is 1. The van der Waals surface area contributed by atoms with E-state index in [9.17, 15) is 0 Å². The fraction of sp³-hybridized carbons (Fsp3) is 0.300. The minimum atomic E-state index is 1.35. The van der Waals surface area contributed by atoms with Crippen LogP contribution in [0.3, 0.4) is 0 Å². The second-order valence-electron chi connectivity index (χ2n) is 2.67. The monoisotopic (exact) mass is 150 g/mol. The number of aryl methyl sites for hydroxylation is 3. The lowest BCUT2D eigenvalue weighted by atomic mass is 10.1. The van der Waals surface area contributed by atoms with E-state index in [2.05, 4.69) is 39.0 Å². The molecule has 0 aliphatic rings. The van der Waals surface area contributed by atoms with Gasteiger partial charge in [0.15, 0.2) is 0 Å². The Morgan fingerprint density at radius 3 is 1.18 bits per heavy atom. The van der Waals surface area contributed by atoms with Gasteiger partial charge >= 0.3 is 0 Å². The van der Waals surface area contributed by atoms with Crippen LogP contribution in [0.4, 0.5) is 0 Å². The topological polar surface area (TPSA) is 17.1 Å². The van der Waals surface area contributed by atoms with Gasteiger partial charge in [0.25, 0.3) is 0 Å². The van der Waals surface area contributed by atoms with Gasteiger partial charge in [0.1, 0.15) is 6.79 Å². The van der Waals surface area contributed by atoms with E-state index in [-0.39, 0.29) is 0 Å². The summed E-state index contributed by atoms with van der Waals surface area (Å²) in [6, 6.07) is 6.56. The number of carbonyl (C=O) groups excluding carboxylic acids is 1. The van der Waals surface area contributed by atoms with Gasteiger partial charge in [0.05, 0.1) is 0 Å². The van der Waals surface area contributed by atoms with E-state index >= 15 is 0 Å². The van der Waals surface area contributed by atoms with Crippen molar-refractivity contribution in [2.24, 2.45) is 0 Å². The zero-order valence-electron chi connectivity index (χ0n) is 7.35. The summed E-state index contributed by atoms with van der Waals surface area (Å²) in [5.74, 6) is 0. The van der Waals surface area contributed by atoms with Gasteiger partial charge in [0.2, 0.25) is 0 Å². The van der Waals surface area contributed by atoms with E-state index in [1.807, 2.05) is 6.79 Å². The van der Waals surface area contributed by atoms with Crippen molar-refractivity contribution in [3.63, 3.8) is 0 Å². The quantitative estimate of drug-likeness (QED) is 0.555. The van der Waals surface area contributed by atoms with Crippen LogP contribution in [-0.4, -0.2) is 6.79 Å². The van der Waals surface area contributed by atoms with Crippen LogP contribution in [0.2, 0.25) is 0 Å². The molecule has 0 saturated heterocycles. The molecule has 11 heavy (non-hydrogen) atoms. The predicted molar refractivity (Wildman–Crippen MR) is 47.8 cm³/mol. The first-order chi connectivity index (χ1) is 5.18. The molecule has 60 valence electrons. The van der Waals surface area contributed by atoms with Crippen molar-refractivity contribution in [1.29, 1.82) is 0 Å². The normalized spacial score (nSPS) is 8.27. The molecule has 1 rings (SSSR count). The largest absolute Gasteiger partial charge is 0.307 e. The molecule has 0 unspecified atom stereocenters. The smallest absolute Gasteiger partial charge is 0.106 e. The van der Waals surface area contributed by atoms with Crippen molar-refractivity contribution < 1.29 is 4.79 Å². The first-order valence-electron chi connectivity index (χ1n) is 3.52. The van der Waals surface area contributed by atoms with Crippen LogP contribution in [0.25, 0.3) is 0 Å². The molecule has 0 heterocycles. The zero-order valence-corrected chi connectivity index (χ0v) is 7.35. The van der Waals surface area contributed by atoms with Crippen LogP contribution >= 0.6 is 0 Å². The molecule has 0 atom stereocenters. The Hall–Kier alpha value is -1.11. The second kappa shape index (κ2) is 4.67. The van der Waals surface area contributed by atoms with Crippen molar-refractivity contribution >= 4 is 6.79 Å². The van der Waals surface area contributed by atoms with Gasteiger partial charge in [-0.2, -0.15) is 0 Å². The van der Waals surface area contributed by atoms with Crippen LogP contribution in [-0.2, 0) is 4.79 Å². The Bertz CT molecular complexity index is 178. The third kappa shape index (κ3) is 3.56. The van der Waals surface area contributed by atoms with Crippen molar-refractivity contribution in [2.45, 2.75) is 20.8 Å². The molecule has 0 fully saturated rings. The molecule has 1 nitrogen and oxygen atoms in total. The molecule has 1 aromatic rings. The molecule has 0 aliphatic heterocycles. The summed E-state index contributed by atoms with van der Waals surface area (Å²) in [6.07, 6.45) is 0. The molecule has 0 radical (unpaired) electrons. The SMILES string of the molecule is C=O.Cc1cc(C)cc(C)c1. The Kier molecular flexibility index (Phi) is 4.20. The summed E-state index contributed by atoms with van der Waals surface area (Å²) < 4.78 is 0. The lowest BCUT2D eigenvalue weighted by Crippen LogP contribution is -1.78. The average molecular weight is 150 g/mol. The molecular weight excluding hydrogens is 136 g/mol. The van der Waals surface area contributed by atoms with E-state index in [0.717, 1.165) is 0 Å². The maximum Gasteiger partial charge on any atom is 0.106 e. The van der Waals surface area contributed by atoms with Crippen molar-refractivity contribution in [1.82, 2.24) is 0 Å². The van der Waals surface area contributed by atoms with E-state index in [1.165, 1.54) is 16.7 Å². The maximum atomic E-state index is 8.00. The third-order valence-corrected chi connectivity index (χ3v) is 1.37. The fourth-order valence-electron chi connectivity index (χ4n) is 1.20. The molecule has 0 spiro atoms. The minimum absolute atomic E-state index is 1.35. The van der Waals surface area contributed by atoms with Crippen LogP contribution in [0.1, 0.15) is 16.7 Å². The van der Waals surface area contributed by atoms with Crippen LogP contribution < -0.4 is 0 Å². The van der Waals surface area contributed by atoms with Crippen molar-refractivity contribution in [3.05, 3.63) is 34.9 Å². The van der Waals surface area contributed by atoms with E-state index in [4.69, 9.17) is 4.79 Å². The Morgan fingerprint density at radius 1 is 0.818 bits per heavy atom. The zero-order chi connectivity index (χ0) is 8.85. The van der Waals surface area contributed by atoms with Crippen molar-refractivity contribution in [3.8, 4) is 0 Å². The highest BCUT2D eigenvalue weighted by atomic mass is 16.1.